The maximum absolute atomic E-state index is 2.22. The Kier molecular flexibility index (Phi) is 13.3. The van der Waals surface area contributed by atoms with E-state index in [9.17, 15) is 0 Å². The van der Waals surface area contributed by atoms with Crippen molar-refractivity contribution in [2.45, 2.75) is 19.1 Å². The zero-order valence-electron chi connectivity index (χ0n) is 5.99. The van der Waals surface area contributed by atoms with E-state index in [0.717, 1.165) is 5.25 Å². The van der Waals surface area contributed by atoms with Crippen molar-refractivity contribution in [2.24, 2.45) is 0 Å². The van der Waals surface area contributed by atoms with Crippen molar-refractivity contribution < 1.29 is 52.8 Å². The molecule has 0 amide bonds. The Morgan fingerprint density at radius 2 is 1.83 bits per heavy atom. The van der Waals surface area contributed by atoms with Crippen LogP contribution in [0, 0.1) is 0 Å². The summed E-state index contributed by atoms with van der Waals surface area (Å²) in [5.41, 5.74) is 0. The van der Waals surface area contributed by atoms with Gasteiger partial charge in [-0.1, -0.05) is 13.8 Å². The van der Waals surface area contributed by atoms with E-state index < -0.39 is 0 Å². The van der Waals surface area contributed by atoms with Gasteiger partial charge in [-0.15, -0.1) is 0 Å². The molecule has 0 N–H and O–H groups in total. The molecule has 0 aromatic rings. The largest absolute Gasteiger partial charge is 1.00 e. The predicted octanol–water partition coefficient (Wildman–Crippen LogP) is -2.48. The van der Waals surface area contributed by atoms with E-state index in [2.05, 4.69) is 13.8 Å². The molecule has 0 aliphatic heterocycles. The first-order valence-electron chi connectivity index (χ1n) is 1.80. The zero-order valence-corrected chi connectivity index (χ0v) is 10.9. The Bertz CT molecular complexity index is 28.9. The molecule has 0 radical (unpaired) electrons. The third kappa shape index (κ3) is 9.51. The fourth-order valence-corrected chi connectivity index (χ4v) is 0. The van der Waals surface area contributed by atoms with Crippen molar-refractivity contribution in [3.63, 3.8) is 0 Å². The van der Waals surface area contributed by atoms with Gasteiger partial charge in [-0.05, 0) is 5.25 Å². The molecule has 0 aliphatic rings. The Balaban J connectivity index is -0.0000000800. The van der Waals surface area contributed by atoms with Crippen molar-refractivity contribution in [1.82, 2.24) is 0 Å². The van der Waals surface area contributed by atoms with Gasteiger partial charge in [-0.3, -0.25) is 0 Å². The maximum Gasteiger partial charge on any atom is 1.00 e. The van der Waals surface area contributed by atoms with Crippen LogP contribution in [0.2, 0.25) is 0 Å². The van der Waals surface area contributed by atoms with E-state index in [1.807, 2.05) is 11.2 Å². The van der Waals surface area contributed by atoms with Crippen LogP contribution in [0.5, 0.6) is 0 Å². The average Bonchev–Trinajstić information content (AvgIpc) is 1.38. The first-order valence-corrected chi connectivity index (χ1v) is 5.54. The Hall–Kier alpha value is 2.20. The van der Waals surface area contributed by atoms with Gasteiger partial charge in [0.2, 0.25) is 0 Å². The molecule has 0 saturated carbocycles. The smallest absolute Gasteiger partial charge is 1.00 e. The first-order chi connectivity index (χ1) is 2.27. The number of rotatable bonds is 1. The van der Waals surface area contributed by atoms with E-state index >= 15 is 0 Å². The molecule has 0 aromatic carbocycles. The topological polar surface area (TPSA) is 0 Å². The SMILES string of the molecule is CC(C)S[SiH3].[H-].[K+]. The van der Waals surface area contributed by atoms with Crippen LogP contribution >= 0.6 is 11.2 Å². The quantitative estimate of drug-likeness (QED) is 0.369. The molecule has 34 valence electrons. The summed E-state index contributed by atoms with van der Waals surface area (Å²) in [6.45, 7) is 4.44. The van der Waals surface area contributed by atoms with Gasteiger partial charge in [0.1, 0.15) is 0 Å². The molecule has 6 heavy (non-hydrogen) atoms. The Labute approximate surface area is 90.8 Å². The second-order valence-electron chi connectivity index (χ2n) is 1.28. The van der Waals surface area contributed by atoms with Crippen molar-refractivity contribution in [2.75, 3.05) is 0 Å². The van der Waals surface area contributed by atoms with E-state index in [-0.39, 0.29) is 52.8 Å². The minimum atomic E-state index is 0. The summed E-state index contributed by atoms with van der Waals surface area (Å²) in [7, 11) is 1.29. The number of hydrogen-bond acceptors (Lipinski definition) is 1. The molecule has 0 heterocycles. The van der Waals surface area contributed by atoms with Crippen LogP contribution in [0.1, 0.15) is 15.3 Å². The van der Waals surface area contributed by atoms with Gasteiger partial charge in [0.15, 0.2) is 0 Å². The van der Waals surface area contributed by atoms with E-state index in [0.29, 0.717) is 0 Å². The molecule has 0 aliphatic carbocycles. The van der Waals surface area contributed by atoms with Crippen LogP contribution < -0.4 is 51.4 Å². The Morgan fingerprint density at radius 3 is 1.83 bits per heavy atom. The molecule has 0 spiro atoms. The molecule has 0 bridgehead atoms. The second-order valence-corrected chi connectivity index (χ2v) is 4.11. The Morgan fingerprint density at radius 1 is 1.67 bits per heavy atom. The molecule has 0 nitrogen and oxygen atoms in total. The average molecular weight is 146 g/mol. The van der Waals surface area contributed by atoms with Crippen molar-refractivity contribution in [3.8, 4) is 0 Å². The monoisotopic (exact) mass is 146 g/mol. The van der Waals surface area contributed by atoms with Gasteiger partial charge in [-0.2, -0.15) is 11.2 Å². The molecule has 0 aromatic heterocycles. The minimum Gasteiger partial charge on any atom is -1.00 e. The maximum atomic E-state index is 2.22. The summed E-state index contributed by atoms with van der Waals surface area (Å²) < 4.78 is 0. The van der Waals surface area contributed by atoms with Crippen molar-refractivity contribution in [1.29, 1.82) is 0 Å². The van der Waals surface area contributed by atoms with Gasteiger partial charge in [0, 0.05) is 0 Å². The summed E-state index contributed by atoms with van der Waals surface area (Å²) in [6, 6.07) is 0. The summed E-state index contributed by atoms with van der Waals surface area (Å²) in [5, 5.41) is 0.863. The molecule has 0 unspecified atom stereocenters. The molecule has 0 fully saturated rings. The van der Waals surface area contributed by atoms with Gasteiger partial charge in [0.05, 0.1) is 9.39 Å². The molecular weight excluding hydrogens is 135 g/mol. The van der Waals surface area contributed by atoms with Gasteiger partial charge in [-0.25, -0.2) is 0 Å². The van der Waals surface area contributed by atoms with Crippen LogP contribution in [0.25, 0.3) is 0 Å². The van der Waals surface area contributed by atoms with Gasteiger partial charge in [0.25, 0.3) is 0 Å². The molecular formula is C3H11KSSi. The van der Waals surface area contributed by atoms with E-state index in [1.54, 1.807) is 0 Å². The summed E-state index contributed by atoms with van der Waals surface area (Å²) >= 11 is 2.02. The third-order valence-corrected chi connectivity index (χ3v) is 4.24. The van der Waals surface area contributed by atoms with Crippen LogP contribution in [0.3, 0.4) is 0 Å². The fourth-order valence-electron chi connectivity index (χ4n) is 0. The fraction of sp³-hybridized carbons (Fsp3) is 1.00. The normalized spacial score (nSPS) is 8.50. The van der Waals surface area contributed by atoms with Crippen molar-refractivity contribution >= 4 is 20.6 Å². The molecule has 0 rings (SSSR count). The third-order valence-electron chi connectivity index (χ3n) is 0.471. The second kappa shape index (κ2) is 7.20. The zero-order chi connectivity index (χ0) is 4.28. The molecule has 0 saturated heterocycles. The van der Waals surface area contributed by atoms with Gasteiger partial charge < -0.3 is 1.43 Å². The van der Waals surface area contributed by atoms with E-state index in [1.165, 1.54) is 9.39 Å². The first kappa shape index (κ1) is 11.1. The molecule has 0 atom stereocenters. The van der Waals surface area contributed by atoms with Gasteiger partial charge >= 0.3 is 51.4 Å². The predicted molar refractivity (Wildman–Crippen MR) is 33.8 cm³/mol. The standard InChI is InChI=1S/C3H10SSi.K.H/c1-3(2)4-5;;/h3H,1-2,5H3;;/q;+1;-1. The van der Waals surface area contributed by atoms with Crippen molar-refractivity contribution in [3.05, 3.63) is 0 Å². The summed E-state index contributed by atoms with van der Waals surface area (Å²) in [6.07, 6.45) is 0. The van der Waals surface area contributed by atoms with E-state index in [4.69, 9.17) is 0 Å². The molecule has 3 heteroatoms. The number of hydrogen-bond donors (Lipinski definition) is 0. The van der Waals surface area contributed by atoms with Crippen LogP contribution in [-0.2, 0) is 0 Å². The van der Waals surface area contributed by atoms with Crippen LogP contribution in [0.4, 0.5) is 0 Å². The minimum absolute atomic E-state index is 0. The summed E-state index contributed by atoms with van der Waals surface area (Å²) in [4.78, 5) is 0. The van der Waals surface area contributed by atoms with Crippen LogP contribution in [-0.4, -0.2) is 14.6 Å². The summed E-state index contributed by atoms with van der Waals surface area (Å²) in [5.74, 6) is 0. The van der Waals surface area contributed by atoms with Crippen LogP contribution in [0.15, 0.2) is 0 Å².